The van der Waals surface area contributed by atoms with Crippen molar-refractivity contribution < 1.29 is 14.3 Å². The van der Waals surface area contributed by atoms with Gasteiger partial charge in [-0.15, -0.1) is 0 Å². The number of imide groups is 1. The van der Waals surface area contributed by atoms with Crippen LogP contribution in [-0.2, 0) is 9.53 Å². The monoisotopic (exact) mass is 241 g/mol. The van der Waals surface area contributed by atoms with E-state index in [0.29, 0.717) is 6.61 Å². The predicted molar refractivity (Wildman–Crippen MR) is 60.9 cm³/mol. The fourth-order valence-electron chi connectivity index (χ4n) is 3.25. The Kier molecular flexibility index (Phi) is 2.67. The van der Waals surface area contributed by atoms with E-state index in [-0.39, 0.29) is 12.0 Å². The SMILES string of the molecule is CC1(C)C2OCCCC2C1(N)C(=O)NC(N)=O. The van der Waals surface area contributed by atoms with E-state index >= 15 is 0 Å². The minimum atomic E-state index is -1.08. The lowest BCUT2D eigenvalue weighted by Crippen LogP contribution is -2.82. The standard InChI is InChI=1S/C11H19N3O3/c1-10(2)7-6(4-3-5-17-7)11(10,13)8(15)14-9(12)16/h6-7H,3-5,13H2,1-2H3,(H3,12,14,15,16). The number of hydrogen-bond acceptors (Lipinski definition) is 4. The van der Waals surface area contributed by atoms with Gasteiger partial charge in [0, 0.05) is 17.9 Å². The van der Waals surface area contributed by atoms with Crippen LogP contribution in [0.4, 0.5) is 4.79 Å². The summed E-state index contributed by atoms with van der Waals surface area (Å²) in [6.45, 7) is 4.48. The second kappa shape index (κ2) is 3.68. The van der Waals surface area contributed by atoms with Crippen LogP contribution in [0.1, 0.15) is 26.7 Å². The Bertz CT molecular complexity index is 369. The molecule has 3 amide bonds. The number of ether oxygens (including phenoxy) is 1. The summed E-state index contributed by atoms with van der Waals surface area (Å²) in [5.41, 5.74) is 9.63. The summed E-state index contributed by atoms with van der Waals surface area (Å²) < 4.78 is 5.67. The molecule has 1 aliphatic carbocycles. The summed E-state index contributed by atoms with van der Waals surface area (Å²) in [7, 11) is 0. The third-order valence-electron chi connectivity index (χ3n) is 4.30. The lowest BCUT2D eigenvalue weighted by atomic mass is 9.46. The first-order valence-corrected chi connectivity index (χ1v) is 5.83. The van der Waals surface area contributed by atoms with Gasteiger partial charge in [-0.05, 0) is 12.8 Å². The lowest BCUT2D eigenvalue weighted by Gasteiger charge is -2.64. The van der Waals surface area contributed by atoms with Crippen LogP contribution in [0, 0.1) is 11.3 Å². The number of primary amides is 1. The molecule has 2 aliphatic rings. The molecule has 0 aromatic heterocycles. The number of carbonyl (C=O) groups is 2. The van der Waals surface area contributed by atoms with Gasteiger partial charge >= 0.3 is 6.03 Å². The van der Waals surface area contributed by atoms with Crippen LogP contribution in [0.15, 0.2) is 0 Å². The third-order valence-corrected chi connectivity index (χ3v) is 4.30. The highest BCUT2D eigenvalue weighted by Gasteiger charge is 2.70. The van der Waals surface area contributed by atoms with E-state index in [2.05, 4.69) is 5.32 Å². The van der Waals surface area contributed by atoms with Crippen molar-refractivity contribution in [2.75, 3.05) is 6.61 Å². The Morgan fingerprint density at radius 2 is 2.06 bits per heavy atom. The van der Waals surface area contributed by atoms with Gasteiger partial charge in [-0.25, -0.2) is 4.79 Å². The van der Waals surface area contributed by atoms with Gasteiger partial charge in [0.2, 0.25) is 5.91 Å². The molecule has 1 heterocycles. The lowest BCUT2D eigenvalue weighted by molar-refractivity contribution is -0.224. The zero-order valence-electron chi connectivity index (χ0n) is 10.2. The Hall–Kier alpha value is -1.14. The number of nitrogens with one attached hydrogen (secondary N) is 1. The second-order valence-electron chi connectivity index (χ2n) is 5.45. The number of carbonyl (C=O) groups excluding carboxylic acids is 2. The largest absolute Gasteiger partial charge is 0.377 e. The number of nitrogens with two attached hydrogens (primary N) is 2. The Labute approximate surface area is 100 Å². The van der Waals surface area contributed by atoms with Crippen LogP contribution in [0.3, 0.4) is 0 Å². The predicted octanol–water partition coefficient (Wildman–Crippen LogP) is -0.286. The Morgan fingerprint density at radius 3 is 2.65 bits per heavy atom. The van der Waals surface area contributed by atoms with Crippen molar-refractivity contribution in [3.63, 3.8) is 0 Å². The van der Waals surface area contributed by atoms with Crippen molar-refractivity contribution in [1.82, 2.24) is 5.32 Å². The van der Waals surface area contributed by atoms with Gasteiger partial charge in [0.25, 0.3) is 0 Å². The van der Waals surface area contributed by atoms with Crippen LogP contribution < -0.4 is 16.8 Å². The molecule has 2 rings (SSSR count). The molecule has 1 saturated heterocycles. The minimum Gasteiger partial charge on any atom is -0.377 e. The Balaban J connectivity index is 2.23. The first-order valence-electron chi connectivity index (χ1n) is 5.83. The molecule has 1 saturated carbocycles. The van der Waals surface area contributed by atoms with E-state index < -0.39 is 22.9 Å². The van der Waals surface area contributed by atoms with Gasteiger partial charge in [-0.3, -0.25) is 10.1 Å². The van der Waals surface area contributed by atoms with Gasteiger partial charge in [-0.1, -0.05) is 13.8 Å². The van der Waals surface area contributed by atoms with Crippen LogP contribution >= 0.6 is 0 Å². The van der Waals surface area contributed by atoms with Crippen molar-refractivity contribution in [3.8, 4) is 0 Å². The molecule has 6 nitrogen and oxygen atoms in total. The van der Waals surface area contributed by atoms with Gasteiger partial charge < -0.3 is 16.2 Å². The van der Waals surface area contributed by atoms with Crippen LogP contribution in [0.25, 0.3) is 0 Å². The van der Waals surface area contributed by atoms with Crippen LogP contribution in [0.5, 0.6) is 0 Å². The van der Waals surface area contributed by atoms with Crippen molar-refractivity contribution in [2.24, 2.45) is 22.8 Å². The molecule has 1 aliphatic heterocycles. The smallest absolute Gasteiger partial charge is 0.318 e. The molecular formula is C11H19N3O3. The highest BCUT2D eigenvalue weighted by atomic mass is 16.5. The summed E-state index contributed by atoms with van der Waals surface area (Å²) in [6, 6.07) is -0.865. The summed E-state index contributed by atoms with van der Waals surface area (Å²) in [4.78, 5) is 22.8. The first-order chi connectivity index (χ1) is 7.81. The molecule has 0 aromatic rings. The molecule has 6 heteroatoms. The van der Waals surface area contributed by atoms with Crippen LogP contribution in [-0.4, -0.2) is 30.2 Å². The summed E-state index contributed by atoms with van der Waals surface area (Å²) in [5.74, 6) is -0.535. The van der Waals surface area contributed by atoms with E-state index in [1.54, 1.807) is 0 Å². The number of amides is 3. The van der Waals surface area contributed by atoms with E-state index in [4.69, 9.17) is 16.2 Å². The Morgan fingerprint density at radius 1 is 1.41 bits per heavy atom. The van der Waals surface area contributed by atoms with Gasteiger partial charge in [0.05, 0.1) is 6.10 Å². The highest BCUT2D eigenvalue weighted by Crippen LogP contribution is 2.57. The maximum absolute atomic E-state index is 12.0. The zero-order chi connectivity index (χ0) is 12.8. The molecule has 0 bridgehead atoms. The molecule has 96 valence electrons. The topological polar surface area (TPSA) is 107 Å². The number of fused-ring (bicyclic) bond motifs is 1. The van der Waals surface area contributed by atoms with E-state index in [1.807, 2.05) is 13.8 Å². The fraction of sp³-hybridized carbons (Fsp3) is 0.818. The molecule has 0 spiro atoms. The number of rotatable bonds is 1. The fourth-order valence-corrected chi connectivity index (χ4v) is 3.25. The molecule has 0 aromatic carbocycles. The highest BCUT2D eigenvalue weighted by molar-refractivity contribution is 6.00. The van der Waals surface area contributed by atoms with Crippen molar-refractivity contribution in [1.29, 1.82) is 0 Å². The summed E-state index contributed by atoms with van der Waals surface area (Å²) in [6.07, 6.45) is 1.72. The number of hydrogen-bond donors (Lipinski definition) is 3. The quantitative estimate of drug-likeness (QED) is 0.586. The van der Waals surface area contributed by atoms with Crippen LogP contribution in [0.2, 0.25) is 0 Å². The van der Waals surface area contributed by atoms with Crippen molar-refractivity contribution in [3.05, 3.63) is 0 Å². The average molecular weight is 241 g/mol. The molecule has 5 N–H and O–H groups in total. The average Bonchev–Trinajstić information content (AvgIpc) is 2.27. The minimum absolute atomic E-state index is 0.0140. The van der Waals surface area contributed by atoms with E-state index in [1.165, 1.54) is 0 Å². The van der Waals surface area contributed by atoms with E-state index in [9.17, 15) is 9.59 Å². The third kappa shape index (κ3) is 1.47. The summed E-state index contributed by atoms with van der Waals surface area (Å²) in [5, 5.41) is 2.09. The molecular weight excluding hydrogens is 222 g/mol. The molecule has 0 radical (unpaired) electrons. The van der Waals surface area contributed by atoms with E-state index in [0.717, 1.165) is 12.8 Å². The zero-order valence-corrected chi connectivity index (χ0v) is 10.2. The van der Waals surface area contributed by atoms with Gasteiger partial charge in [-0.2, -0.15) is 0 Å². The molecule has 17 heavy (non-hydrogen) atoms. The maximum atomic E-state index is 12.0. The van der Waals surface area contributed by atoms with Gasteiger partial charge in [0.1, 0.15) is 5.54 Å². The molecule has 2 fully saturated rings. The van der Waals surface area contributed by atoms with Crippen molar-refractivity contribution >= 4 is 11.9 Å². The molecule has 3 unspecified atom stereocenters. The number of urea groups is 1. The first kappa shape index (κ1) is 12.3. The second-order valence-corrected chi connectivity index (χ2v) is 5.45. The van der Waals surface area contributed by atoms with Gasteiger partial charge in [0.15, 0.2) is 0 Å². The maximum Gasteiger partial charge on any atom is 0.318 e. The normalized spacial score (nSPS) is 38.8. The van der Waals surface area contributed by atoms with Crippen molar-refractivity contribution in [2.45, 2.75) is 38.3 Å². The summed E-state index contributed by atoms with van der Waals surface area (Å²) >= 11 is 0. The molecule has 3 atom stereocenters.